The Labute approximate surface area is 127 Å². The number of nitrogens with one attached hydrogen (secondary N) is 1. The highest BCUT2D eigenvalue weighted by molar-refractivity contribution is 5.67. The second-order valence-corrected chi connectivity index (χ2v) is 6.52. The molecule has 1 unspecified atom stereocenters. The Kier molecular flexibility index (Phi) is 5.40. The van der Waals surface area contributed by atoms with Crippen LogP contribution in [0.2, 0.25) is 0 Å². The lowest BCUT2D eigenvalue weighted by atomic mass is 9.93. The van der Waals surface area contributed by atoms with Crippen LogP contribution in [-0.2, 0) is 11.2 Å². The van der Waals surface area contributed by atoms with E-state index in [1.807, 2.05) is 0 Å². The number of aliphatic carboxylic acids is 1. The van der Waals surface area contributed by atoms with Crippen molar-refractivity contribution >= 4 is 5.97 Å². The van der Waals surface area contributed by atoms with E-state index in [2.05, 4.69) is 38.2 Å². The van der Waals surface area contributed by atoms with Crippen molar-refractivity contribution < 1.29 is 9.90 Å². The third-order valence-electron chi connectivity index (χ3n) is 4.54. The number of aryl methyl sites for hydroxylation is 3. The van der Waals surface area contributed by atoms with E-state index in [0.717, 1.165) is 6.42 Å². The van der Waals surface area contributed by atoms with Crippen LogP contribution in [-0.4, -0.2) is 23.2 Å². The number of rotatable bonds is 6. The van der Waals surface area contributed by atoms with Crippen LogP contribution < -0.4 is 5.32 Å². The Morgan fingerprint density at radius 1 is 1.24 bits per heavy atom. The Morgan fingerprint density at radius 2 is 1.81 bits per heavy atom. The van der Waals surface area contributed by atoms with Crippen LogP contribution in [0.15, 0.2) is 12.1 Å². The third kappa shape index (κ3) is 4.57. The van der Waals surface area contributed by atoms with E-state index in [1.165, 1.54) is 47.9 Å². The van der Waals surface area contributed by atoms with Gasteiger partial charge in [-0.15, -0.1) is 0 Å². The molecule has 21 heavy (non-hydrogen) atoms. The van der Waals surface area contributed by atoms with Crippen LogP contribution >= 0.6 is 0 Å². The molecule has 0 amide bonds. The molecule has 0 aromatic heterocycles. The predicted octanol–water partition coefficient (Wildman–Crippen LogP) is 3.53. The third-order valence-corrected chi connectivity index (χ3v) is 4.54. The number of benzene rings is 1. The maximum absolute atomic E-state index is 11.2. The summed E-state index contributed by atoms with van der Waals surface area (Å²) in [6.07, 6.45) is 5.90. The summed E-state index contributed by atoms with van der Waals surface area (Å²) in [7, 11) is 0. The van der Waals surface area contributed by atoms with Crippen LogP contribution in [0, 0.1) is 20.8 Å². The van der Waals surface area contributed by atoms with Crippen molar-refractivity contribution in [3.8, 4) is 0 Å². The van der Waals surface area contributed by atoms with Gasteiger partial charge in [0, 0.05) is 12.1 Å². The maximum atomic E-state index is 11.2. The molecule has 0 bridgehead atoms. The second-order valence-electron chi connectivity index (χ2n) is 6.52. The fourth-order valence-electron chi connectivity index (χ4n) is 3.60. The van der Waals surface area contributed by atoms with E-state index >= 15 is 0 Å². The molecule has 3 nitrogen and oxygen atoms in total. The minimum atomic E-state index is -0.715. The van der Waals surface area contributed by atoms with Gasteiger partial charge in [-0.25, -0.2) is 0 Å². The van der Waals surface area contributed by atoms with Gasteiger partial charge in [0.1, 0.15) is 0 Å². The molecule has 1 aliphatic rings. The second kappa shape index (κ2) is 7.08. The zero-order valence-electron chi connectivity index (χ0n) is 13.4. The quantitative estimate of drug-likeness (QED) is 0.842. The summed E-state index contributed by atoms with van der Waals surface area (Å²) in [5.74, 6) is -0.715. The van der Waals surface area contributed by atoms with E-state index in [-0.39, 0.29) is 12.5 Å². The van der Waals surface area contributed by atoms with Crippen LogP contribution in [0.1, 0.15) is 54.4 Å². The van der Waals surface area contributed by atoms with Crippen LogP contribution in [0.25, 0.3) is 0 Å². The highest BCUT2D eigenvalue weighted by Gasteiger charge is 2.22. The monoisotopic (exact) mass is 289 g/mol. The van der Waals surface area contributed by atoms with Crippen molar-refractivity contribution in [2.24, 2.45) is 0 Å². The highest BCUT2D eigenvalue weighted by atomic mass is 16.4. The summed E-state index contributed by atoms with van der Waals surface area (Å²) >= 11 is 0. The van der Waals surface area contributed by atoms with Gasteiger partial charge < -0.3 is 10.4 Å². The topological polar surface area (TPSA) is 49.3 Å². The molecule has 0 spiro atoms. The Bertz CT molecular complexity index is 481. The van der Waals surface area contributed by atoms with Crippen LogP contribution in [0.4, 0.5) is 0 Å². The fraction of sp³-hybridized carbons (Fsp3) is 0.611. The minimum absolute atomic E-state index is 0.0331. The van der Waals surface area contributed by atoms with E-state index in [0.29, 0.717) is 6.04 Å². The summed E-state index contributed by atoms with van der Waals surface area (Å²) < 4.78 is 0. The van der Waals surface area contributed by atoms with Crippen LogP contribution in [0.5, 0.6) is 0 Å². The SMILES string of the molecule is Cc1cc(C)c(CC(CC(=O)O)NC2CCCC2)c(C)c1. The first-order valence-electron chi connectivity index (χ1n) is 8.00. The van der Waals surface area contributed by atoms with Crippen molar-refractivity contribution in [3.05, 3.63) is 34.4 Å². The summed E-state index contributed by atoms with van der Waals surface area (Å²) in [4.78, 5) is 11.2. The van der Waals surface area contributed by atoms with Crippen molar-refractivity contribution in [1.82, 2.24) is 5.32 Å². The molecular formula is C18H27NO2. The van der Waals surface area contributed by atoms with Gasteiger partial charge in [-0.2, -0.15) is 0 Å². The van der Waals surface area contributed by atoms with E-state index in [4.69, 9.17) is 0 Å². The lowest BCUT2D eigenvalue weighted by Crippen LogP contribution is -2.40. The van der Waals surface area contributed by atoms with Crippen molar-refractivity contribution in [1.29, 1.82) is 0 Å². The maximum Gasteiger partial charge on any atom is 0.304 e. The summed E-state index contributed by atoms with van der Waals surface area (Å²) in [5.41, 5.74) is 5.12. The fourth-order valence-corrected chi connectivity index (χ4v) is 3.60. The van der Waals surface area contributed by atoms with Crippen molar-refractivity contribution in [2.75, 3.05) is 0 Å². The molecule has 2 rings (SSSR count). The lowest BCUT2D eigenvalue weighted by Gasteiger charge is -2.23. The smallest absolute Gasteiger partial charge is 0.304 e. The standard InChI is InChI=1S/C18H27NO2/c1-12-8-13(2)17(14(3)9-12)10-16(11-18(20)21)19-15-6-4-5-7-15/h8-9,15-16,19H,4-7,10-11H2,1-3H3,(H,20,21). The number of hydrogen-bond donors (Lipinski definition) is 2. The molecule has 2 N–H and O–H groups in total. The average molecular weight is 289 g/mol. The largest absolute Gasteiger partial charge is 0.481 e. The van der Waals surface area contributed by atoms with Crippen molar-refractivity contribution in [2.45, 2.75) is 71.4 Å². The highest BCUT2D eigenvalue weighted by Crippen LogP contribution is 2.22. The van der Waals surface area contributed by atoms with Gasteiger partial charge in [0.25, 0.3) is 0 Å². The van der Waals surface area contributed by atoms with Gasteiger partial charge in [0.15, 0.2) is 0 Å². The number of carboxylic acid groups (broad SMARTS) is 1. The molecular weight excluding hydrogens is 262 g/mol. The molecule has 0 saturated heterocycles. The van der Waals surface area contributed by atoms with Gasteiger partial charge in [-0.3, -0.25) is 4.79 Å². The molecule has 1 aromatic rings. The molecule has 0 heterocycles. The van der Waals surface area contributed by atoms with E-state index < -0.39 is 5.97 Å². The molecule has 1 fully saturated rings. The predicted molar refractivity (Wildman–Crippen MR) is 85.8 cm³/mol. The van der Waals surface area contributed by atoms with Gasteiger partial charge in [-0.1, -0.05) is 30.5 Å². The van der Waals surface area contributed by atoms with E-state index in [1.54, 1.807) is 0 Å². The molecule has 1 atom stereocenters. The summed E-state index contributed by atoms with van der Waals surface area (Å²) in [5, 5.41) is 12.8. The normalized spacial score (nSPS) is 17.1. The average Bonchev–Trinajstić information content (AvgIpc) is 2.85. The molecule has 0 aliphatic heterocycles. The summed E-state index contributed by atoms with van der Waals surface area (Å²) in [6.45, 7) is 6.36. The Morgan fingerprint density at radius 3 is 2.33 bits per heavy atom. The molecule has 116 valence electrons. The first-order chi connectivity index (χ1) is 9.95. The van der Waals surface area contributed by atoms with Gasteiger partial charge in [-0.05, 0) is 56.7 Å². The Hall–Kier alpha value is -1.35. The molecule has 0 radical (unpaired) electrons. The molecule has 1 aliphatic carbocycles. The molecule has 1 aromatic carbocycles. The van der Waals surface area contributed by atoms with Gasteiger partial charge in [0.2, 0.25) is 0 Å². The minimum Gasteiger partial charge on any atom is -0.481 e. The Balaban J connectivity index is 2.12. The zero-order valence-corrected chi connectivity index (χ0v) is 13.4. The number of carbonyl (C=O) groups is 1. The van der Waals surface area contributed by atoms with Crippen molar-refractivity contribution in [3.63, 3.8) is 0 Å². The molecule has 3 heteroatoms. The lowest BCUT2D eigenvalue weighted by molar-refractivity contribution is -0.137. The van der Waals surface area contributed by atoms with Gasteiger partial charge >= 0.3 is 5.97 Å². The van der Waals surface area contributed by atoms with Gasteiger partial charge in [0.05, 0.1) is 6.42 Å². The first kappa shape index (κ1) is 16.0. The number of carboxylic acids is 1. The number of hydrogen-bond acceptors (Lipinski definition) is 2. The van der Waals surface area contributed by atoms with Crippen LogP contribution in [0.3, 0.4) is 0 Å². The zero-order chi connectivity index (χ0) is 15.4. The molecule has 1 saturated carbocycles. The first-order valence-corrected chi connectivity index (χ1v) is 8.00. The summed E-state index contributed by atoms with van der Waals surface area (Å²) in [6, 6.07) is 4.91. The van der Waals surface area contributed by atoms with E-state index in [9.17, 15) is 9.90 Å².